The Hall–Kier alpha value is -2.79. The van der Waals surface area contributed by atoms with Crippen LogP contribution in [0, 0.1) is 0 Å². The van der Waals surface area contributed by atoms with E-state index >= 15 is 0 Å². The van der Waals surface area contributed by atoms with E-state index in [0.29, 0.717) is 35.8 Å². The van der Waals surface area contributed by atoms with Crippen LogP contribution < -0.4 is 4.74 Å². The number of nitrogens with zero attached hydrogens (tertiary/aromatic N) is 2. The van der Waals surface area contributed by atoms with E-state index < -0.39 is 0 Å². The van der Waals surface area contributed by atoms with Crippen molar-refractivity contribution in [3.8, 4) is 5.95 Å². The Labute approximate surface area is 177 Å². The molecule has 2 aromatic carbocycles. The lowest BCUT2D eigenvalue weighted by molar-refractivity contribution is 0.0558. The van der Waals surface area contributed by atoms with Gasteiger partial charge in [-0.3, -0.25) is 4.79 Å². The number of amides is 1. The van der Waals surface area contributed by atoms with Crippen molar-refractivity contribution >= 4 is 16.9 Å². The fraction of sp³-hybridized carbons (Fsp3) is 0.400. The van der Waals surface area contributed by atoms with Gasteiger partial charge in [0, 0.05) is 30.6 Å². The summed E-state index contributed by atoms with van der Waals surface area (Å²) in [6.07, 6.45) is 4.54. The van der Waals surface area contributed by atoms with Gasteiger partial charge >= 0.3 is 0 Å². The molecular formula is C25H28N2O3. The quantitative estimate of drug-likeness (QED) is 0.618. The molecule has 0 N–H and O–H groups in total. The Morgan fingerprint density at radius 1 is 1.07 bits per heavy atom. The maximum atomic E-state index is 13.6. The minimum Gasteiger partial charge on any atom is -0.460 e. The Morgan fingerprint density at radius 2 is 1.73 bits per heavy atom. The van der Waals surface area contributed by atoms with Crippen molar-refractivity contribution in [2.24, 2.45) is 0 Å². The molecule has 0 saturated carbocycles. The average Bonchev–Trinajstić information content (AvgIpc) is 3.22. The third kappa shape index (κ3) is 3.37. The predicted molar refractivity (Wildman–Crippen MR) is 117 cm³/mol. The molecule has 2 bridgehead atoms. The lowest BCUT2D eigenvalue weighted by Gasteiger charge is -2.40. The van der Waals surface area contributed by atoms with E-state index in [9.17, 15) is 4.79 Å². The van der Waals surface area contributed by atoms with Crippen LogP contribution in [0.1, 0.15) is 41.6 Å². The highest BCUT2D eigenvalue weighted by atomic mass is 16.6. The van der Waals surface area contributed by atoms with Crippen molar-refractivity contribution in [1.82, 2.24) is 9.80 Å². The minimum absolute atomic E-state index is 0.0167. The average molecular weight is 405 g/mol. The summed E-state index contributed by atoms with van der Waals surface area (Å²) in [6, 6.07) is 19.0. The number of rotatable bonds is 5. The number of para-hydroxylation sites is 1. The first-order chi connectivity index (χ1) is 14.6. The van der Waals surface area contributed by atoms with Crippen molar-refractivity contribution < 1.29 is 13.9 Å². The first-order valence-electron chi connectivity index (χ1n) is 10.8. The van der Waals surface area contributed by atoms with E-state index in [1.54, 1.807) is 0 Å². The van der Waals surface area contributed by atoms with Crippen molar-refractivity contribution in [3.63, 3.8) is 0 Å². The third-order valence-corrected chi connectivity index (χ3v) is 6.93. The topological polar surface area (TPSA) is 45.9 Å². The molecule has 5 nitrogen and oxygen atoms in total. The van der Waals surface area contributed by atoms with Crippen molar-refractivity contribution in [2.75, 3.05) is 14.1 Å². The fourth-order valence-electron chi connectivity index (χ4n) is 5.09. The van der Waals surface area contributed by atoms with Gasteiger partial charge in [0.15, 0.2) is 0 Å². The lowest BCUT2D eigenvalue weighted by atomic mass is 9.96. The molecule has 5 rings (SSSR count). The van der Waals surface area contributed by atoms with Crippen molar-refractivity contribution in [2.45, 2.75) is 50.4 Å². The number of hydrogen-bond donors (Lipinski definition) is 0. The maximum Gasteiger partial charge on any atom is 0.299 e. The van der Waals surface area contributed by atoms with Crippen molar-refractivity contribution in [1.29, 1.82) is 0 Å². The van der Waals surface area contributed by atoms with E-state index in [-0.39, 0.29) is 11.9 Å². The van der Waals surface area contributed by atoms with E-state index in [1.807, 2.05) is 66.5 Å². The highest BCUT2D eigenvalue weighted by Crippen LogP contribution is 2.38. The highest BCUT2D eigenvalue weighted by Gasteiger charge is 2.41. The molecule has 3 aromatic rings. The number of carbonyl (C=O) groups is 1. The number of ether oxygens (including phenoxy) is 1. The summed E-state index contributed by atoms with van der Waals surface area (Å²) in [7, 11) is 4.15. The summed E-state index contributed by atoms with van der Waals surface area (Å²) in [5.41, 5.74) is 2.26. The van der Waals surface area contributed by atoms with Gasteiger partial charge in [0.2, 0.25) is 0 Å². The monoisotopic (exact) mass is 404 g/mol. The first-order valence-corrected chi connectivity index (χ1v) is 10.8. The zero-order valence-corrected chi connectivity index (χ0v) is 17.6. The second-order valence-corrected chi connectivity index (χ2v) is 8.63. The van der Waals surface area contributed by atoms with Gasteiger partial charge in [-0.2, -0.15) is 0 Å². The molecule has 0 radical (unpaired) electrons. The minimum atomic E-state index is -0.0167. The SMILES string of the molecule is CN(C(=O)c1c(OCc2ccccc2)oc2ccccc12)C1CC2CCC(C1)N2C. The Balaban J connectivity index is 1.42. The Kier molecular flexibility index (Phi) is 4.99. The number of piperidine rings is 1. The fourth-order valence-corrected chi connectivity index (χ4v) is 5.09. The number of fused-ring (bicyclic) bond motifs is 3. The van der Waals surface area contributed by atoms with E-state index in [2.05, 4.69) is 11.9 Å². The van der Waals surface area contributed by atoms with Crippen molar-refractivity contribution in [3.05, 3.63) is 65.7 Å². The summed E-state index contributed by atoms with van der Waals surface area (Å²) < 4.78 is 12.0. The zero-order chi connectivity index (χ0) is 20.7. The van der Waals surface area contributed by atoms with Gasteiger partial charge in [0.05, 0.1) is 0 Å². The summed E-state index contributed by atoms with van der Waals surface area (Å²) in [4.78, 5) is 18.1. The van der Waals surface area contributed by atoms with Crippen LogP contribution in [0.25, 0.3) is 11.0 Å². The molecular weight excluding hydrogens is 376 g/mol. The number of furan rings is 1. The number of carbonyl (C=O) groups excluding carboxylic acids is 1. The smallest absolute Gasteiger partial charge is 0.299 e. The molecule has 0 aliphatic carbocycles. The summed E-state index contributed by atoms with van der Waals surface area (Å²) >= 11 is 0. The van der Waals surface area contributed by atoms with Gasteiger partial charge < -0.3 is 19.0 Å². The van der Waals surface area contributed by atoms with Gasteiger partial charge in [0.1, 0.15) is 17.8 Å². The van der Waals surface area contributed by atoms with Gasteiger partial charge in [-0.1, -0.05) is 48.5 Å². The molecule has 2 atom stereocenters. The van der Waals surface area contributed by atoms with Crippen LogP contribution in [0.3, 0.4) is 0 Å². The molecule has 156 valence electrons. The van der Waals surface area contributed by atoms with Crippen LogP contribution in [-0.2, 0) is 6.61 Å². The summed E-state index contributed by atoms with van der Waals surface area (Å²) in [6.45, 7) is 0.364. The van der Waals surface area contributed by atoms with Gasteiger partial charge in [-0.15, -0.1) is 0 Å². The van der Waals surface area contributed by atoms with Crippen LogP contribution in [0.2, 0.25) is 0 Å². The first kappa shape index (κ1) is 19.2. The second-order valence-electron chi connectivity index (χ2n) is 8.63. The highest BCUT2D eigenvalue weighted by molar-refractivity contribution is 6.08. The van der Waals surface area contributed by atoms with Crippen LogP contribution in [0.5, 0.6) is 5.95 Å². The summed E-state index contributed by atoms with van der Waals surface area (Å²) in [5, 5.41) is 0.813. The molecule has 0 spiro atoms. The molecule has 3 heterocycles. The van der Waals surface area contributed by atoms with E-state index in [1.165, 1.54) is 12.8 Å². The molecule has 2 saturated heterocycles. The molecule has 5 heteroatoms. The normalized spacial score (nSPS) is 23.6. The number of benzene rings is 2. The summed E-state index contributed by atoms with van der Waals surface area (Å²) in [5.74, 6) is 0.296. The molecule has 2 aliphatic rings. The maximum absolute atomic E-state index is 13.6. The molecule has 30 heavy (non-hydrogen) atoms. The van der Waals surface area contributed by atoms with E-state index in [4.69, 9.17) is 9.15 Å². The molecule has 2 aliphatic heterocycles. The molecule has 1 aromatic heterocycles. The molecule has 2 fully saturated rings. The second kappa shape index (κ2) is 7.80. The third-order valence-electron chi connectivity index (χ3n) is 6.93. The largest absolute Gasteiger partial charge is 0.460 e. The predicted octanol–water partition coefficient (Wildman–Crippen LogP) is 4.71. The van der Waals surface area contributed by atoms with Crippen LogP contribution in [0.15, 0.2) is 59.0 Å². The zero-order valence-electron chi connectivity index (χ0n) is 17.6. The lowest BCUT2D eigenvalue weighted by Crippen LogP contribution is -2.49. The van der Waals surface area contributed by atoms with Gasteiger partial charge in [-0.25, -0.2) is 0 Å². The van der Waals surface area contributed by atoms with Crippen LogP contribution in [0.4, 0.5) is 0 Å². The standard InChI is InChI=1S/C25H28N2O3/c1-26-18-12-13-19(26)15-20(14-18)27(2)24(28)23-21-10-6-7-11-22(21)30-25(23)29-16-17-8-4-3-5-9-17/h3-11,18-20H,12-16H2,1-2H3. The van der Waals surface area contributed by atoms with Gasteiger partial charge in [-0.05, 0) is 44.4 Å². The van der Waals surface area contributed by atoms with Crippen LogP contribution in [-0.4, -0.2) is 47.9 Å². The van der Waals surface area contributed by atoms with Gasteiger partial charge in [0.25, 0.3) is 11.9 Å². The van der Waals surface area contributed by atoms with E-state index in [0.717, 1.165) is 23.8 Å². The molecule has 1 amide bonds. The molecule has 2 unspecified atom stereocenters. The Bertz CT molecular complexity index is 1030. The Morgan fingerprint density at radius 3 is 2.47 bits per heavy atom. The van der Waals surface area contributed by atoms with Crippen LogP contribution >= 0.6 is 0 Å². The number of hydrogen-bond acceptors (Lipinski definition) is 4.